The van der Waals surface area contributed by atoms with Gasteiger partial charge in [0.15, 0.2) is 0 Å². The molecule has 4 rings (SSSR count). The molecule has 2 aromatic rings. The zero-order chi connectivity index (χ0) is 18.0. The first-order chi connectivity index (χ1) is 12.6. The highest BCUT2D eigenvalue weighted by Crippen LogP contribution is 2.36. The summed E-state index contributed by atoms with van der Waals surface area (Å²) in [5.74, 6) is 0. The Labute approximate surface area is 156 Å². The van der Waals surface area contributed by atoms with Crippen LogP contribution in [0.5, 0.6) is 0 Å². The van der Waals surface area contributed by atoms with E-state index in [9.17, 15) is 8.42 Å². The fourth-order valence-corrected chi connectivity index (χ4v) is 5.86. The van der Waals surface area contributed by atoms with Gasteiger partial charge in [0.1, 0.15) is 0 Å². The number of nitrogens with zero attached hydrogens (tertiary/aromatic N) is 2. The molecule has 5 heteroatoms. The molecule has 1 aliphatic heterocycles. The van der Waals surface area contributed by atoms with E-state index in [4.69, 9.17) is 0 Å². The van der Waals surface area contributed by atoms with Crippen molar-refractivity contribution in [3.05, 3.63) is 66.2 Å². The molecule has 0 unspecified atom stereocenters. The van der Waals surface area contributed by atoms with Gasteiger partial charge in [-0.3, -0.25) is 4.90 Å². The zero-order valence-corrected chi connectivity index (χ0v) is 15.8. The topological polar surface area (TPSA) is 40.6 Å². The highest BCUT2D eigenvalue weighted by atomic mass is 32.2. The molecule has 0 spiro atoms. The minimum Gasteiger partial charge on any atom is -0.299 e. The molecule has 1 aliphatic carbocycles. The van der Waals surface area contributed by atoms with Gasteiger partial charge in [0.25, 0.3) is 0 Å². The fourth-order valence-electron chi connectivity index (χ4n) is 3.91. The van der Waals surface area contributed by atoms with Crippen molar-refractivity contribution in [1.29, 1.82) is 0 Å². The maximum atomic E-state index is 13.2. The Morgan fingerprint density at radius 3 is 1.92 bits per heavy atom. The zero-order valence-electron chi connectivity index (χ0n) is 15.0. The first-order valence-electron chi connectivity index (χ1n) is 9.49. The van der Waals surface area contributed by atoms with Crippen molar-refractivity contribution in [2.24, 2.45) is 0 Å². The van der Waals surface area contributed by atoms with Gasteiger partial charge in [-0.15, -0.1) is 0 Å². The van der Waals surface area contributed by atoms with Crippen LogP contribution in [0.3, 0.4) is 0 Å². The summed E-state index contributed by atoms with van der Waals surface area (Å²) in [6.07, 6.45) is 3.82. The van der Waals surface area contributed by atoms with Crippen LogP contribution in [0.15, 0.2) is 65.6 Å². The van der Waals surface area contributed by atoms with Crippen LogP contribution in [-0.2, 0) is 16.6 Å². The Morgan fingerprint density at radius 2 is 1.35 bits per heavy atom. The van der Waals surface area contributed by atoms with Gasteiger partial charge in [0, 0.05) is 31.7 Å². The van der Waals surface area contributed by atoms with Gasteiger partial charge < -0.3 is 0 Å². The Morgan fingerprint density at radius 1 is 0.808 bits per heavy atom. The van der Waals surface area contributed by atoms with Crippen molar-refractivity contribution in [1.82, 2.24) is 9.21 Å². The van der Waals surface area contributed by atoms with Gasteiger partial charge in [-0.25, -0.2) is 8.42 Å². The maximum absolute atomic E-state index is 13.2. The first-order valence-corrected chi connectivity index (χ1v) is 10.9. The molecular formula is C21H26N2O2S. The van der Waals surface area contributed by atoms with E-state index >= 15 is 0 Å². The number of likely N-dealkylation sites (tertiary alicyclic amines) is 1. The minimum atomic E-state index is -3.40. The van der Waals surface area contributed by atoms with Gasteiger partial charge in [0.2, 0.25) is 10.0 Å². The van der Waals surface area contributed by atoms with E-state index in [2.05, 4.69) is 29.2 Å². The van der Waals surface area contributed by atoms with Crippen LogP contribution in [0, 0.1) is 0 Å². The van der Waals surface area contributed by atoms with Crippen molar-refractivity contribution in [3.63, 3.8) is 0 Å². The maximum Gasteiger partial charge on any atom is 0.243 e. The summed E-state index contributed by atoms with van der Waals surface area (Å²) in [6, 6.07) is 19.7. The second-order valence-electron chi connectivity index (χ2n) is 7.37. The third kappa shape index (κ3) is 3.85. The number of hydrogen-bond donors (Lipinski definition) is 0. The van der Waals surface area contributed by atoms with Crippen LogP contribution in [0.2, 0.25) is 0 Å². The standard InChI is InChI=1S/C21H26N2O2S/c24-26(25,21-9-5-2-6-10-21)23(19-11-12-19)20-13-15-22(16-14-20)17-18-7-3-1-4-8-18/h1-10,19-20H,11-17H2. The number of hydrogen-bond acceptors (Lipinski definition) is 3. The quantitative estimate of drug-likeness (QED) is 0.781. The van der Waals surface area contributed by atoms with Gasteiger partial charge in [0.05, 0.1) is 4.90 Å². The predicted molar refractivity (Wildman–Crippen MR) is 103 cm³/mol. The number of sulfonamides is 1. The summed E-state index contributed by atoms with van der Waals surface area (Å²) >= 11 is 0. The molecule has 4 nitrogen and oxygen atoms in total. The van der Waals surface area contributed by atoms with Gasteiger partial charge >= 0.3 is 0 Å². The van der Waals surface area contributed by atoms with Crippen LogP contribution in [0.4, 0.5) is 0 Å². The smallest absolute Gasteiger partial charge is 0.243 e. The second-order valence-corrected chi connectivity index (χ2v) is 9.22. The lowest BCUT2D eigenvalue weighted by molar-refractivity contribution is 0.150. The summed E-state index contributed by atoms with van der Waals surface area (Å²) < 4.78 is 28.2. The van der Waals surface area contributed by atoms with Crippen LogP contribution >= 0.6 is 0 Å². The van der Waals surface area contributed by atoms with Crippen molar-refractivity contribution in [3.8, 4) is 0 Å². The summed E-state index contributed by atoms with van der Waals surface area (Å²) in [5.41, 5.74) is 1.32. The number of rotatable bonds is 6. The normalized spacial score (nSPS) is 19.7. The summed E-state index contributed by atoms with van der Waals surface area (Å²) in [6.45, 7) is 2.85. The second kappa shape index (κ2) is 7.51. The van der Waals surface area contributed by atoms with Gasteiger partial charge in [-0.1, -0.05) is 48.5 Å². The molecule has 1 saturated heterocycles. The van der Waals surface area contributed by atoms with Gasteiger partial charge in [-0.2, -0.15) is 4.31 Å². The average molecular weight is 371 g/mol. The molecule has 0 atom stereocenters. The summed E-state index contributed by atoms with van der Waals surface area (Å²) in [5, 5.41) is 0. The van der Waals surface area contributed by atoms with E-state index in [1.807, 2.05) is 16.4 Å². The molecule has 1 saturated carbocycles. The SMILES string of the molecule is O=S(=O)(c1ccccc1)N(C1CC1)C1CCN(Cc2ccccc2)CC1. The van der Waals surface area contributed by atoms with E-state index in [1.165, 1.54) is 5.56 Å². The molecule has 0 aromatic heterocycles. The molecule has 0 bridgehead atoms. The summed E-state index contributed by atoms with van der Waals surface area (Å²) in [7, 11) is -3.40. The van der Waals surface area contributed by atoms with Crippen molar-refractivity contribution in [2.45, 2.75) is 49.2 Å². The predicted octanol–water partition coefficient (Wildman–Crippen LogP) is 3.50. The van der Waals surface area contributed by atoms with E-state index in [0.29, 0.717) is 4.90 Å². The molecule has 138 valence electrons. The Hall–Kier alpha value is -1.69. The monoisotopic (exact) mass is 370 g/mol. The molecule has 1 heterocycles. The molecule has 0 radical (unpaired) electrons. The van der Waals surface area contributed by atoms with Crippen LogP contribution < -0.4 is 0 Å². The summed E-state index contributed by atoms with van der Waals surface area (Å²) in [4.78, 5) is 2.87. The van der Waals surface area contributed by atoms with E-state index in [0.717, 1.165) is 45.3 Å². The van der Waals surface area contributed by atoms with E-state index in [-0.39, 0.29) is 12.1 Å². The highest BCUT2D eigenvalue weighted by molar-refractivity contribution is 7.89. The number of benzene rings is 2. The van der Waals surface area contributed by atoms with Crippen LogP contribution in [0.25, 0.3) is 0 Å². The first kappa shape index (κ1) is 17.7. The average Bonchev–Trinajstić information content (AvgIpc) is 3.50. The minimum absolute atomic E-state index is 0.125. The molecule has 0 N–H and O–H groups in total. The Kier molecular flexibility index (Phi) is 5.11. The van der Waals surface area contributed by atoms with E-state index < -0.39 is 10.0 Å². The number of piperidine rings is 1. The van der Waals surface area contributed by atoms with Crippen LogP contribution in [0.1, 0.15) is 31.2 Å². The lowest BCUT2D eigenvalue weighted by Crippen LogP contribution is -2.48. The van der Waals surface area contributed by atoms with Crippen LogP contribution in [-0.4, -0.2) is 42.8 Å². The molecule has 26 heavy (non-hydrogen) atoms. The molecule has 0 amide bonds. The van der Waals surface area contributed by atoms with Crippen molar-refractivity contribution >= 4 is 10.0 Å². The third-order valence-electron chi connectivity index (χ3n) is 5.39. The highest BCUT2D eigenvalue weighted by Gasteiger charge is 2.43. The largest absolute Gasteiger partial charge is 0.299 e. The molecule has 2 fully saturated rings. The van der Waals surface area contributed by atoms with Crippen molar-refractivity contribution in [2.75, 3.05) is 13.1 Å². The molecule has 2 aliphatic rings. The fraction of sp³-hybridized carbons (Fsp3) is 0.429. The lowest BCUT2D eigenvalue weighted by atomic mass is 10.0. The van der Waals surface area contributed by atoms with E-state index in [1.54, 1.807) is 24.3 Å². The Balaban J connectivity index is 1.45. The van der Waals surface area contributed by atoms with Gasteiger partial charge in [-0.05, 0) is 43.4 Å². The molecule has 2 aromatic carbocycles. The lowest BCUT2D eigenvalue weighted by Gasteiger charge is -2.38. The Bertz CT molecular complexity index is 812. The molecular weight excluding hydrogens is 344 g/mol. The van der Waals surface area contributed by atoms with Crippen molar-refractivity contribution < 1.29 is 8.42 Å². The third-order valence-corrected chi connectivity index (χ3v) is 7.41.